The normalized spacial score (nSPS) is 24.0. The highest BCUT2D eigenvalue weighted by molar-refractivity contribution is 5.92. The first-order valence-corrected chi connectivity index (χ1v) is 9.18. The fraction of sp³-hybridized carbons (Fsp3) is 0.526. The topological polar surface area (TPSA) is 155 Å². The van der Waals surface area contributed by atoms with Crippen molar-refractivity contribution in [3.63, 3.8) is 0 Å². The Morgan fingerprint density at radius 1 is 1.33 bits per heavy atom. The van der Waals surface area contributed by atoms with Gasteiger partial charge in [-0.05, 0) is 6.07 Å². The third-order valence-corrected chi connectivity index (χ3v) is 4.64. The zero-order chi connectivity index (χ0) is 22.4. The number of hydrogen-bond donors (Lipinski definition) is 2. The highest BCUT2D eigenvalue weighted by Gasteiger charge is 2.50. The van der Waals surface area contributed by atoms with Crippen LogP contribution >= 0.6 is 0 Å². The molecule has 5 atom stereocenters. The molecular formula is C19H25N2O9+. The maximum absolute atomic E-state index is 11.9. The predicted molar refractivity (Wildman–Crippen MR) is 97.4 cm³/mol. The minimum absolute atomic E-state index is 0.196. The van der Waals surface area contributed by atoms with Gasteiger partial charge in [-0.2, -0.15) is 4.57 Å². The number of aromatic nitrogens is 1. The van der Waals surface area contributed by atoms with E-state index in [0.717, 1.165) is 7.11 Å². The fourth-order valence-electron chi connectivity index (χ4n) is 3.05. The van der Waals surface area contributed by atoms with Crippen molar-refractivity contribution in [2.24, 2.45) is 11.7 Å². The molecule has 1 fully saturated rings. The van der Waals surface area contributed by atoms with E-state index in [0.29, 0.717) is 0 Å². The van der Waals surface area contributed by atoms with Crippen LogP contribution in [-0.4, -0.2) is 61.0 Å². The Morgan fingerprint density at radius 2 is 2.03 bits per heavy atom. The first-order chi connectivity index (χ1) is 14.1. The molecule has 11 heteroatoms. The van der Waals surface area contributed by atoms with E-state index in [4.69, 9.17) is 19.9 Å². The smallest absolute Gasteiger partial charge is 0.335 e. The van der Waals surface area contributed by atoms with Crippen molar-refractivity contribution in [1.29, 1.82) is 0 Å². The maximum Gasteiger partial charge on any atom is 0.335 e. The Bertz CT molecular complexity index is 813. The molecule has 2 rings (SSSR count). The van der Waals surface area contributed by atoms with Gasteiger partial charge in [0.25, 0.3) is 5.91 Å². The minimum atomic E-state index is -1.63. The second-order valence-corrected chi connectivity index (χ2v) is 6.83. The summed E-state index contributed by atoms with van der Waals surface area (Å²) in [5, 5.41) is 9.53. The Labute approximate surface area is 172 Å². The number of hydrogen-bond acceptors (Lipinski definition) is 9. The van der Waals surface area contributed by atoms with Gasteiger partial charge >= 0.3 is 24.1 Å². The maximum atomic E-state index is 11.9. The number of rotatable bonds is 8. The molecule has 0 saturated carbocycles. The second-order valence-electron chi connectivity index (χ2n) is 6.83. The van der Waals surface area contributed by atoms with Crippen molar-refractivity contribution in [3.05, 3.63) is 30.1 Å². The molecule has 0 spiro atoms. The molecule has 11 nitrogen and oxygen atoms in total. The van der Waals surface area contributed by atoms with Gasteiger partial charge in [-0.1, -0.05) is 6.92 Å². The summed E-state index contributed by atoms with van der Waals surface area (Å²) in [7, 11) is 1.09. The zero-order valence-corrected chi connectivity index (χ0v) is 16.8. The third kappa shape index (κ3) is 5.74. The monoisotopic (exact) mass is 425 g/mol. The Hall–Kier alpha value is -3.05. The summed E-state index contributed by atoms with van der Waals surface area (Å²) in [6.07, 6.45) is -1.26. The molecule has 1 aromatic heterocycles. The van der Waals surface area contributed by atoms with Crippen LogP contribution in [0.25, 0.3) is 0 Å². The van der Waals surface area contributed by atoms with Crippen LogP contribution < -0.4 is 10.3 Å². The lowest BCUT2D eigenvalue weighted by Crippen LogP contribution is -2.46. The van der Waals surface area contributed by atoms with Crippen LogP contribution in [0.5, 0.6) is 0 Å². The summed E-state index contributed by atoms with van der Waals surface area (Å²) in [5.74, 6) is -3.29. The molecule has 1 unspecified atom stereocenters. The lowest BCUT2D eigenvalue weighted by Gasteiger charge is -2.18. The van der Waals surface area contributed by atoms with E-state index in [9.17, 15) is 24.3 Å². The zero-order valence-electron chi connectivity index (χ0n) is 16.8. The number of carbonyl (C=O) groups is 4. The first-order valence-electron chi connectivity index (χ1n) is 9.18. The molecule has 164 valence electrons. The molecule has 1 aliphatic rings. The fourth-order valence-corrected chi connectivity index (χ4v) is 3.05. The molecule has 0 aliphatic carbocycles. The predicted octanol–water partition coefficient (Wildman–Crippen LogP) is -0.995. The number of carbonyl (C=O) groups excluding carboxylic acids is 4. The van der Waals surface area contributed by atoms with Gasteiger partial charge in [0.2, 0.25) is 0 Å². The summed E-state index contributed by atoms with van der Waals surface area (Å²) < 4.78 is 22.3. The number of pyridine rings is 1. The second kappa shape index (κ2) is 10.1. The summed E-state index contributed by atoms with van der Waals surface area (Å²) in [5.41, 5.74) is 5.55. The molecular weight excluding hydrogens is 400 g/mol. The van der Waals surface area contributed by atoms with Crippen LogP contribution in [0, 0.1) is 5.92 Å². The number of esters is 3. The molecule has 1 saturated heterocycles. The summed E-state index contributed by atoms with van der Waals surface area (Å²) >= 11 is 0. The van der Waals surface area contributed by atoms with E-state index < -0.39 is 54.8 Å². The van der Waals surface area contributed by atoms with Crippen LogP contribution in [0.3, 0.4) is 0 Å². The number of amides is 1. The van der Waals surface area contributed by atoms with Crippen molar-refractivity contribution in [3.8, 4) is 0 Å². The van der Waals surface area contributed by atoms with Gasteiger partial charge in [-0.25, -0.2) is 4.79 Å². The number of methoxy groups -OCH3 is 1. The van der Waals surface area contributed by atoms with Crippen LogP contribution in [0.15, 0.2) is 24.5 Å². The lowest BCUT2D eigenvalue weighted by molar-refractivity contribution is -0.765. The molecule has 0 radical (unpaired) electrons. The van der Waals surface area contributed by atoms with Crippen molar-refractivity contribution in [1.82, 2.24) is 0 Å². The average Bonchev–Trinajstić information content (AvgIpc) is 3.00. The standard InChI is InChI=1S/C19H24N2O9/c1-10-14(9-28-15(24)7-13(23)19(26)27-3)30-18(16(10)29-11(2)22)21-6-4-5-12(8-21)17(20)25/h4-6,8,10,13-14,16,18,23H,7,9H2,1-3H3,(H-,20,25)/p+1/t10-,13+,14-,16?,18-/m1/s1. The summed E-state index contributed by atoms with van der Waals surface area (Å²) in [6.45, 7) is 2.82. The summed E-state index contributed by atoms with van der Waals surface area (Å²) in [6, 6.07) is 3.13. The number of ether oxygens (including phenoxy) is 4. The molecule has 1 aromatic rings. The van der Waals surface area contributed by atoms with E-state index in [-0.39, 0.29) is 18.1 Å². The number of primary amides is 1. The molecule has 0 bridgehead atoms. The van der Waals surface area contributed by atoms with Crippen molar-refractivity contribution >= 4 is 23.8 Å². The van der Waals surface area contributed by atoms with Crippen molar-refractivity contribution < 1.29 is 47.8 Å². The van der Waals surface area contributed by atoms with Gasteiger partial charge in [0.1, 0.15) is 18.3 Å². The average molecular weight is 425 g/mol. The van der Waals surface area contributed by atoms with Gasteiger partial charge < -0.3 is 29.8 Å². The van der Waals surface area contributed by atoms with Crippen LogP contribution in [-0.2, 0) is 33.3 Å². The van der Waals surface area contributed by atoms with Gasteiger partial charge in [0, 0.05) is 18.9 Å². The minimum Gasteiger partial charge on any atom is -0.467 e. The Kier molecular flexibility index (Phi) is 7.84. The Balaban J connectivity index is 2.10. The van der Waals surface area contributed by atoms with Crippen molar-refractivity contribution in [2.75, 3.05) is 13.7 Å². The van der Waals surface area contributed by atoms with E-state index in [1.807, 2.05) is 0 Å². The molecule has 2 heterocycles. The van der Waals surface area contributed by atoms with Crippen LogP contribution in [0.4, 0.5) is 0 Å². The third-order valence-electron chi connectivity index (χ3n) is 4.64. The highest BCUT2D eigenvalue weighted by atomic mass is 16.6. The van der Waals surface area contributed by atoms with Gasteiger partial charge in [0.15, 0.2) is 24.6 Å². The van der Waals surface area contributed by atoms with E-state index in [2.05, 4.69) is 4.74 Å². The quantitative estimate of drug-likeness (QED) is 0.303. The highest BCUT2D eigenvalue weighted by Crippen LogP contribution is 2.33. The molecule has 1 aliphatic heterocycles. The molecule has 30 heavy (non-hydrogen) atoms. The van der Waals surface area contributed by atoms with Crippen molar-refractivity contribution in [2.45, 2.75) is 44.8 Å². The number of nitrogens with two attached hydrogens (primary N) is 1. The largest absolute Gasteiger partial charge is 0.467 e. The van der Waals surface area contributed by atoms with E-state index in [1.165, 1.54) is 19.2 Å². The summed E-state index contributed by atoms with van der Waals surface area (Å²) in [4.78, 5) is 46.1. The van der Waals surface area contributed by atoms with Crippen LogP contribution in [0.2, 0.25) is 0 Å². The van der Waals surface area contributed by atoms with Gasteiger partial charge in [0.05, 0.1) is 13.5 Å². The Morgan fingerprint density at radius 3 is 2.63 bits per heavy atom. The molecule has 1 amide bonds. The van der Waals surface area contributed by atoms with Crippen LogP contribution in [0.1, 0.15) is 36.9 Å². The number of aliphatic hydroxyl groups is 1. The molecule has 0 aromatic carbocycles. The SMILES string of the molecule is COC(=O)[C@@H](O)CC(=O)OC[C@H]1O[C@@H]([n+]2cccc(C(N)=O)c2)C(OC(C)=O)[C@@H]1C. The lowest BCUT2D eigenvalue weighted by atomic mass is 10.0. The number of nitrogens with zero attached hydrogens (tertiary/aromatic N) is 1. The van der Waals surface area contributed by atoms with E-state index >= 15 is 0 Å². The first kappa shape index (κ1) is 23.2. The van der Waals surface area contributed by atoms with E-state index in [1.54, 1.807) is 23.8 Å². The number of aliphatic hydroxyl groups excluding tert-OH is 1. The molecule has 3 N–H and O–H groups in total. The van der Waals surface area contributed by atoms with Gasteiger partial charge in [-0.15, -0.1) is 0 Å². The van der Waals surface area contributed by atoms with Gasteiger partial charge in [-0.3, -0.25) is 14.4 Å².